The highest BCUT2D eigenvalue weighted by molar-refractivity contribution is 7.07. The summed E-state index contributed by atoms with van der Waals surface area (Å²) in [6, 6.07) is -0.0464. The number of hydrogen-bond donors (Lipinski definition) is 2. The molecule has 6 nitrogen and oxygen atoms in total. The minimum absolute atomic E-state index is 0.0464. The summed E-state index contributed by atoms with van der Waals surface area (Å²) in [7, 11) is 0. The van der Waals surface area contributed by atoms with Crippen molar-refractivity contribution in [3.63, 3.8) is 0 Å². The lowest BCUT2D eigenvalue weighted by atomic mass is 10.2. The number of nitrogens with one attached hydrogen (secondary N) is 1. The van der Waals surface area contributed by atoms with Crippen LogP contribution in [0.1, 0.15) is 18.4 Å². The van der Waals surface area contributed by atoms with E-state index in [0.717, 1.165) is 5.69 Å². The molecule has 2 aromatic rings. The van der Waals surface area contributed by atoms with Gasteiger partial charge in [0.1, 0.15) is 5.69 Å². The molecule has 2 N–H and O–H groups in total. The number of hydrogen-bond acceptors (Lipinski definition) is 7. The lowest BCUT2D eigenvalue weighted by Gasteiger charge is -2.01. The molecule has 7 heteroatoms. The predicted octanol–water partition coefficient (Wildman–Crippen LogP) is 0.588. The van der Waals surface area contributed by atoms with Gasteiger partial charge < -0.3 is 14.9 Å². The predicted molar refractivity (Wildman–Crippen MR) is 56.8 cm³/mol. The van der Waals surface area contributed by atoms with E-state index in [1.54, 1.807) is 5.51 Å². The molecule has 1 fully saturated rings. The molecule has 0 amide bonds. The smallest absolute Gasteiger partial charge is 0.244 e. The molecule has 1 aliphatic rings. The van der Waals surface area contributed by atoms with E-state index in [-0.39, 0.29) is 12.1 Å². The quantitative estimate of drug-likeness (QED) is 0.796. The first-order chi connectivity index (χ1) is 7.83. The fourth-order valence-corrected chi connectivity index (χ4v) is 2.24. The van der Waals surface area contributed by atoms with Crippen LogP contribution in [-0.2, 0) is 0 Å². The van der Waals surface area contributed by atoms with Gasteiger partial charge in [-0.05, 0) is 6.42 Å². The summed E-state index contributed by atoms with van der Waals surface area (Å²) in [6.07, 6.45) is 0.276. The number of rotatable bonds is 2. The zero-order valence-corrected chi connectivity index (χ0v) is 9.15. The molecule has 0 radical (unpaired) electrons. The van der Waals surface area contributed by atoms with Crippen LogP contribution >= 0.6 is 11.3 Å². The summed E-state index contributed by atoms with van der Waals surface area (Å²) in [5, 5.41) is 18.2. The standard InChI is InChI=1S/C9H10N4O2S/c14-5-1-6(10-2-5)9-12-8(13-15-9)7-3-16-4-11-7/h3-6,10,14H,1-2H2/t5?,6-/m0/s1. The van der Waals surface area contributed by atoms with Crippen molar-refractivity contribution in [3.05, 3.63) is 16.8 Å². The lowest BCUT2D eigenvalue weighted by Crippen LogP contribution is -2.15. The summed E-state index contributed by atoms with van der Waals surface area (Å²) in [4.78, 5) is 8.37. The molecular formula is C9H10N4O2S. The van der Waals surface area contributed by atoms with Crippen molar-refractivity contribution in [2.75, 3.05) is 6.54 Å². The maximum Gasteiger partial charge on any atom is 0.244 e. The van der Waals surface area contributed by atoms with Gasteiger partial charge in [-0.2, -0.15) is 4.98 Å². The molecule has 16 heavy (non-hydrogen) atoms. The molecule has 3 heterocycles. The monoisotopic (exact) mass is 238 g/mol. The highest BCUT2D eigenvalue weighted by atomic mass is 32.1. The molecule has 0 aromatic carbocycles. The number of aliphatic hydroxyl groups is 1. The van der Waals surface area contributed by atoms with E-state index in [0.29, 0.717) is 24.7 Å². The molecule has 0 saturated carbocycles. The Morgan fingerprint density at radius 2 is 2.50 bits per heavy atom. The normalized spacial score (nSPS) is 25.1. The molecule has 0 bridgehead atoms. The maximum absolute atomic E-state index is 9.39. The van der Waals surface area contributed by atoms with Crippen molar-refractivity contribution < 1.29 is 9.63 Å². The minimum atomic E-state index is -0.334. The van der Waals surface area contributed by atoms with E-state index in [1.807, 2.05) is 5.38 Å². The van der Waals surface area contributed by atoms with Gasteiger partial charge in [0.25, 0.3) is 0 Å². The first-order valence-corrected chi connectivity index (χ1v) is 5.91. The first-order valence-electron chi connectivity index (χ1n) is 4.96. The van der Waals surface area contributed by atoms with E-state index < -0.39 is 0 Å². The van der Waals surface area contributed by atoms with E-state index in [4.69, 9.17) is 4.52 Å². The number of nitrogens with zero attached hydrogens (tertiary/aromatic N) is 3. The van der Waals surface area contributed by atoms with Crippen LogP contribution < -0.4 is 5.32 Å². The third kappa shape index (κ3) is 1.73. The van der Waals surface area contributed by atoms with Crippen LogP contribution in [0.3, 0.4) is 0 Å². The van der Waals surface area contributed by atoms with Crippen LogP contribution in [0.4, 0.5) is 0 Å². The van der Waals surface area contributed by atoms with Crippen LogP contribution in [0.5, 0.6) is 0 Å². The second-order valence-corrected chi connectivity index (χ2v) is 4.40. The highest BCUT2D eigenvalue weighted by Gasteiger charge is 2.28. The van der Waals surface area contributed by atoms with Gasteiger partial charge in [0, 0.05) is 11.9 Å². The summed E-state index contributed by atoms with van der Waals surface area (Å²) in [5.41, 5.74) is 2.45. The zero-order chi connectivity index (χ0) is 11.0. The number of thiazole rings is 1. The van der Waals surface area contributed by atoms with Crippen LogP contribution in [0.25, 0.3) is 11.5 Å². The summed E-state index contributed by atoms with van der Waals surface area (Å²) in [5.74, 6) is 1.01. The molecule has 1 unspecified atom stereocenters. The Hall–Kier alpha value is -1.31. The molecule has 3 rings (SSSR count). The molecule has 1 saturated heterocycles. The Bertz CT molecular complexity index is 470. The van der Waals surface area contributed by atoms with Gasteiger partial charge in [0.2, 0.25) is 11.7 Å². The minimum Gasteiger partial charge on any atom is -0.392 e. The van der Waals surface area contributed by atoms with Crippen molar-refractivity contribution in [3.8, 4) is 11.5 Å². The van der Waals surface area contributed by atoms with E-state index in [2.05, 4.69) is 20.4 Å². The fraction of sp³-hybridized carbons (Fsp3) is 0.444. The van der Waals surface area contributed by atoms with Gasteiger partial charge in [-0.25, -0.2) is 4.98 Å². The third-order valence-electron chi connectivity index (χ3n) is 2.51. The van der Waals surface area contributed by atoms with E-state index in [9.17, 15) is 5.11 Å². The largest absolute Gasteiger partial charge is 0.392 e. The molecule has 84 valence electrons. The van der Waals surface area contributed by atoms with Gasteiger partial charge in [0.15, 0.2) is 0 Å². The second kappa shape index (κ2) is 3.93. The Morgan fingerprint density at radius 3 is 3.19 bits per heavy atom. The Morgan fingerprint density at radius 1 is 1.56 bits per heavy atom. The Labute approximate surface area is 95.3 Å². The Balaban J connectivity index is 1.83. The van der Waals surface area contributed by atoms with Crippen molar-refractivity contribution >= 4 is 11.3 Å². The van der Waals surface area contributed by atoms with Gasteiger partial charge in [-0.1, -0.05) is 5.16 Å². The van der Waals surface area contributed by atoms with Crippen molar-refractivity contribution in [2.24, 2.45) is 0 Å². The Kier molecular flexibility index (Phi) is 2.43. The number of aromatic nitrogens is 3. The van der Waals surface area contributed by atoms with Crippen LogP contribution in [0, 0.1) is 0 Å². The van der Waals surface area contributed by atoms with Crippen LogP contribution in [0.15, 0.2) is 15.4 Å². The maximum atomic E-state index is 9.39. The van der Waals surface area contributed by atoms with E-state index >= 15 is 0 Å². The fourth-order valence-electron chi connectivity index (χ4n) is 1.71. The number of aliphatic hydroxyl groups excluding tert-OH is 1. The van der Waals surface area contributed by atoms with Crippen molar-refractivity contribution in [1.29, 1.82) is 0 Å². The van der Waals surface area contributed by atoms with Gasteiger partial charge in [0.05, 0.1) is 17.7 Å². The molecular weight excluding hydrogens is 228 g/mol. The third-order valence-corrected chi connectivity index (χ3v) is 3.10. The van der Waals surface area contributed by atoms with Gasteiger partial charge in [-0.15, -0.1) is 11.3 Å². The van der Waals surface area contributed by atoms with E-state index in [1.165, 1.54) is 11.3 Å². The molecule has 2 atom stereocenters. The summed E-state index contributed by atoms with van der Waals surface area (Å²) >= 11 is 1.49. The van der Waals surface area contributed by atoms with Crippen LogP contribution in [-0.4, -0.2) is 32.9 Å². The average molecular weight is 238 g/mol. The summed E-state index contributed by atoms with van der Waals surface area (Å²) < 4.78 is 5.15. The topological polar surface area (TPSA) is 84.1 Å². The number of β-amino-alcohol motifs (C(OH)–C–C–N with tert-alkyl or cyclic N) is 1. The molecule has 2 aromatic heterocycles. The van der Waals surface area contributed by atoms with Gasteiger partial charge >= 0.3 is 0 Å². The van der Waals surface area contributed by atoms with Crippen molar-refractivity contribution in [2.45, 2.75) is 18.6 Å². The molecule has 0 aliphatic carbocycles. The molecule has 0 spiro atoms. The summed E-state index contributed by atoms with van der Waals surface area (Å²) in [6.45, 7) is 0.569. The second-order valence-electron chi connectivity index (χ2n) is 3.68. The lowest BCUT2D eigenvalue weighted by molar-refractivity contribution is 0.191. The molecule has 1 aliphatic heterocycles. The highest BCUT2D eigenvalue weighted by Crippen LogP contribution is 2.24. The van der Waals surface area contributed by atoms with Crippen LogP contribution in [0.2, 0.25) is 0 Å². The first kappa shape index (κ1) is 9.88. The zero-order valence-electron chi connectivity index (χ0n) is 8.33. The average Bonchev–Trinajstić information content (AvgIpc) is 2.97. The van der Waals surface area contributed by atoms with Gasteiger partial charge in [-0.3, -0.25) is 0 Å². The SMILES string of the molecule is OC1CN[C@H](c2nc(-c3cscn3)no2)C1. The van der Waals surface area contributed by atoms with Crippen molar-refractivity contribution in [1.82, 2.24) is 20.4 Å².